The Balaban J connectivity index is 2.37. The minimum absolute atomic E-state index is 0.0366. The highest BCUT2D eigenvalue weighted by molar-refractivity contribution is 6.01. The van der Waals surface area contributed by atoms with Crippen molar-refractivity contribution in [2.75, 3.05) is 12.4 Å². The van der Waals surface area contributed by atoms with Gasteiger partial charge in [0.15, 0.2) is 17.9 Å². The van der Waals surface area contributed by atoms with Crippen LogP contribution in [-0.4, -0.2) is 61.7 Å². The molecule has 2 rings (SSSR count). The Morgan fingerprint density at radius 3 is 2.39 bits per heavy atom. The van der Waals surface area contributed by atoms with Crippen LogP contribution in [0.25, 0.3) is 0 Å². The minimum atomic E-state index is -1.36. The summed E-state index contributed by atoms with van der Waals surface area (Å²) >= 11 is 0. The number of para-hydroxylation sites is 1. The lowest BCUT2D eigenvalue weighted by Gasteiger charge is -2.29. The van der Waals surface area contributed by atoms with Crippen LogP contribution in [0.2, 0.25) is 0 Å². The van der Waals surface area contributed by atoms with Crippen molar-refractivity contribution in [1.82, 2.24) is 5.32 Å². The number of unbranched alkanes of at least 4 members (excludes halogenated alkanes) is 1. The van der Waals surface area contributed by atoms with Crippen LogP contribution >= 0.6 is 0 Å². The van der Waals surface area contributed by atoms with E-state index in [1.165, 1.54) is 26.2 Å². The van der Waals surface area contributed by atoms with Gasteiger partial charge in [-0.15, -0.1) is 0 Å². The Bertz CT molecular complexity index is 1010. The topological polar surface area (TPSA) is 146 Å². The van der Waals surface area contributed by atoms with Gasteiger partial charge < -0.3 is 29.6 Å². The van der Waals surface area contributed by atoms with Crippen molar-refractivity contribution in [3.8, 4) is 5.75 Å². The van der Waals surface area contributed by atoms with Gasteiger partial charge in [-0.1, -0.05) is 39.7 Å². The summed E-state index contributed by atoms with van der Waals surface area (Å²) in [6, 6.07) is 3.17. The lowest BCUT2D eigenvalue weighted by Crippen LogP contribution is -2.50. The maximum absolute atomic E-state index is 13.3. The second-order valence-electron chi connectivity index (χ2n) is 9.68. The van der Waals surface area contributed by atoms with Gasteiger partial charge in [0.2, 0.25) is 6.41 Å². The highest BCUT2D eigenvalue weighted by atomic mass is 16.6. The molecule has 1 saturated heterocycles. The molecule has 0 aromatic heterocycles. The van der Waals surface area contributed by atoms with Crippen LogP contribution in [0.15, 0.2) is 18.2 Å². The molecule has 11 nitrogen and oxygen atoms in total. The summed E-state index contributed by atoms with van der Waals surface area (Å²) in [6.45, 7) is 8.71. The predicted molar refractivity (Wildman–Crippen MR) is 137 cm³/mol. The van der Waals surface area contributed by atoms with E-state index in [0.29, 0.717) is 19.3 Å². The molecule has 5 atom stereocenters. The minimum Gasteiger partial charge on any atom is -0.494 e. The number of rotatable bonds is 11. The van der Waals surface area contributed by atoms with Gasteiger partial charge in [0.25, 0.3) is 5.91 Å². The fourth-order valence-electron chi connectivity index (χ4n) is 4.24. The van der Waals surface area contributed by atoms with Gasteiger partial charge in [-0.2, -0.15) is 0 Å². The fraction of sp³-hybridized carbons (Fsp3) is 0.593. The number of amides is 2. The van der Waals surface area contributed by atoms with Crippen LogP contribution in [-0.2, 0) is 33.4 Å². The molecular formula is C27H38N2O9. The van der Waals surface area contributed by atoms with Gasteiger partial charge in [-0.25, -0.2) is 4.79 Å². The summed E-state index contributed by atoms with van der Waals surface area (Å²) in [4.78, 5) is 63.1. The zero-order valence-corrected chi connectivity index (χ0v) is 22.8. The van der Waals surface area contributed by atoms with Crippen LogP contribution in [0.1, 0.15) is 70.7 Å². The summed E-state index contributed by atoms with van der Waals surface area (Å²) < 4.78 is 22.2. The van der Waals surface area contributed by atoms with Gasteiger partial charge in [0, 0.05) is 6.42 Å². The third kappa shape index (κ3) is 7.93. The number of hydrogen-bond donors (Lipinski definition) is 2. The Morgan fingerprint density at radius 2 is 1.79 bits per heavy atom. The Labute approximate surface area is 222 Å². The summed E-state index contributed by atoms with van der Waals surface area (Å²) in [5, 5.41) is 5.01. The molecule has 0 aliphatic carbocycles. The quantitative estimate of drug-likeness (QED) is 0.248. The average Bonchev–Trinajstić information content (AvgIpc) is 2.87. The van der Waals surface area contributed by atoms with E-state index in [-0.39, 0.29) is 29.3 Å². The molecule has 210 valence electrons. The molecule has 0 spiro atoms. The van der Waals surface area contributed by atoms with Crippen molar-refractivity contribution in [3.05, 3.63) is 23.8 Å². The van der Waals surface area contributed by atoms with Gasteiger partial charge in [-0.3, -0.25) is 19.2 Å². The largest absolute Gasteiger partial charge is 0.494 e. The van der Waals surface area contributed by atoms with Crippen LogP contribution in [0.5, 0.6) is 5.75 Å². The first-order valence-corrected chi connectivity index (χ1v) is 12.8. The number of esters is 3. The average molecular weight is 535 g/mol. The molecular weight excluding hydrogens is 496 g/mol. The number of ether oxygens (including phenoxy) is 4. The molecule has 0 saturated carbocycles. The number of anilines is 1. The molecule has 2 N–H and O–H groups in total. The summed E-state index contributed by atoms with van der Waals surface area (Å²) in [5.41, 5.74) is 0.296. The molecule has 0 bridgehead atoms. The van der Waals surface area contributed by atoms with Crippen LogP contribution in [0.3, 0.4) is 0 Å². The van der Waals surface area contributed by atoms with E-state index in [1.54, 1.807) is 13.0 Å². The monoisotopic (exact) mass is 534 g/mol. The number of benzene rings is 1. The third-order valence-electron chi connectivity index (χ3n) is 6.17. The molecule has 2 amide bonds. The van der Waals surface area contributed by atoms with Crippen LogP contribution in [0, 0.1) is 11.8 Å². The highest BCUT2D eigenvalue weighted by Gasteiger charge is 2.43. The lowest BCUT2D eigenvalue weighted by molar-refractivity contribution is -0.175. The molecule has 1 aromatic carbocycles. The van der Waals surface area contributed by atoms with Crippen molar-refractivity contribution in [2.24, 2.45) is 11.8 Å². The number of hydrogen-bond acceptors (Lipinski definition) is 9. The smallest absolute Gasteiger partial charge is 0.332 e. The van der Waals surface area contributed by atoms with Crippen LogP contribution < -0.4 is 15.4 Å². The molecule has 38 heavy (non-hydrogen) atoms. The summed E-state index contributed by atoms with van der Waals surface area (Å²) in [6.07, 6.45) is -0.711. The molecule has 1 fully saturated rings. The normalized spacial score (nSPS) is 23.7. The molecule has 11 heteroatoms. The number of carbonyl (C=O) groups excluding carboxylic acids is 5. The van der Waals surface area contributed by atoms with Gasteiger partial charge >= 0.3 is 17.9 Å². The van der Waals surface area contributed by atoms with E-state index in [2.05, 4.69) is 10.6 Å². The molecule has 1 aliphatic heterocycles. The molecule has 1 aromatic rings. The number of methoxy groups -OCH3 is 1. The second-order valence-corrected chi connectivity index (χ2v) is 9.68. The maximum atomic E-state index is 13.3. The van der Waals surface area contributed by atoms with E-state index in [1.807, 2.05) is 20.8 Å². The van der Waals surface area contributed by atoms with Gasteiger partial charge in [0.05, 0.1) is 24.3 Å². The predicted octanol–water partition coefficient (Wildman–Crippen LogP) is 3.00. The Kier molecular flexibility index (Phi) is 11.5. The first-order chi connectivity index (χ1) is 18.0. The number of nitrogens with one attached hydrogen (secondary N) is 2. The van der Waals surface area contributed by atoms with E-state index in [0.717, 1.165) is 6.42 Å². The number of carbonyl (C=O) groups is 5. The fourth-order valence-corrected chi connectivity index (χ4v) is 4.24. The van der Waals surface area contributed by atoms with Gasteiger partial charge in [0.1, 0.15) is 12.2 Å². The van der Waals surface area contributed by atoms with Crippen molar-refractivity contribution in [2.45, 2.75) is 84.7 Å². The van der Waals surface area contributed by atoms with E-state index in [4.69, 9.17) is 18.9 Å². The molecule has 0 radical (unpaired) electrons. The zero-order valence-electron chi connectivity index (χ0n) is 22.8. The van der Waals surface area contributed by atoms with Crippen molar-refractivity contribution >= 4 is 35.9 Å². The van der Waals surface area contributed by atoms with Crippen molar-refractivity contribution < 1.29 is 42.9 Å². The standard InChI is InChI=1S/C27H38N2O9/c1-7-8-10-19-23(38-21(31)13-15(2)3)17(5)37-27(34)22(16(4)36-26(19)33)29-25(32)18-11-9-12-20(28-14-30)24(18)35-6/h9,11-12,14-17,19,22-23H,7-8,10,13H2,1-6H3,(H,28,30)(H,29,32)/t16?,17-,19+,22?,23?/m0/s1. The highest BCUT2D eigenvalue weighted by Crippen LogP contribution is 2.29. The van der Waals surface area contributed by atoms with Crippen molar-refractivity contribution in [1.29, 1.82) is 0 Å². The first-order valence-electron chi connectivity index (χ1n) is 12.8. The van der Waals surface area contributed by atoms with E-state index < -0.39 is 54.1 Å². The van der Waals surface area contributed by atoms with Crippen LogP contribution in [0.4, 0.5) is 5.69 Å². The first kappa shape index (κ1) is 30.6. The van der Waals surface area contributed by atoms with Gasteiger partial charge in [-0.05, 0) is 38.3 Å². The van der Waals surface area contributed by atoms with E-state index in [9.17, 15) is 24.0 Å². The Morgan fingerprint density at radius 1 is 1.11 bits per heavy atom. The molecule has 1 heterocycles. The third-order valence-corrected chi connectivity index (χ3v) is 6.17. The SMILES string of the molecule is CCCC[C@H]1C(=O)OC(C)C(NC(=O)c2cccc(NC=O)c2OC)C(=O)O[C@@H](C)C1OC(=O)CC(C)C. The second kappa shape index (κ2) is 14.3. The molecule has 3 unspecified atom stereocenters. The maximum Gasteiger partial charge on any atom is 0.332 e. The summed E-state index contributed by atoms with van der Waals surface area (Å²) in [7, 11) is 1.33. The Hall–Kier alpha value is -3.63. The number of cyclic esters (lactones) is 2. The van der Waals surface area contributed by atoms with E-state index >= 15 is 0 Å². The summed E-state index contributed by atoms with van der Waals surface area (Å²) in [5.74, 6) is -3.44. The molecule has 1 aliphatic rings. The zero-order chi connectivity index (χ0) is 28.4. The lowest BCUT2D eigenvalue weighted by atomic mass is 9.92. The van der Waals surface area contributed by atoms with Crippen molar-refractivity contribution in [3.63, 3.8) is 0 Å².